The predicted molar refractivity (Wildman–Crippen MR) is 104 cm³/mol. The van der Waals surface area contributed by atoms with E-state index in [1.165, 1.54) is 0 Å². The van der Waals surface area contributed by atoms with Crippen LogP contribution in [0.2, 0.25) is 0 Å². The van der Waals surface area contributed by atoms with Crippen LogP contribution in [0.5, 0.6) is 0 Å². The Balaban J connectivity index is 1.61. The Morgan fingerprint density at radius 3 is 2.54 bits per heavy atom. The van der Waals surface area contributed by atoms with Crippen LogP contribution >= 0.6 is 0 Å². The molecule has 1 heterocycles. The molecule has 7 nitrogen and oxygen atoms in total. The molecule has 0 aliphatic carbocycles. The first-order valence-corrected chi connectivity index (χ1v) is 8.67. The van der Waals surface area contributed by atoms with E-state index in [9.17, 15) is 14.4 Å². The van der Waals surface area contributed by atoms with Crippen LogP contribution in [0.25, 0.3) is 0 Å². The van der Waals surface area contributed by atoms with Gasteiger partial charge in [-0.2, -0.15) is 0 Å². The van der Waals surface area contributed by atoms with Crippen molar-refractivity contribution in [3.63, 3.8) is 0 Å². The molecule has 2 N–H and O–H groups in total. The van der Waals surface area contributed by atoms with Crippen molar-refractivity contribution in [3.8, 4) is 0 Å². The zero-order valence-corrected chi connectivity index (χ0v) is 15.3. The summed E-state index contributed by atoms with van der Waals surface area (Å²) in [7, 11) is 0. The zero-order chi connectivity index (χ0) is 19.9. The van der Waals surface area contributed by atoms with Crippen molar-refractivity contribution in [2.45, 2.75) is 20.0 Å². The number of aromatic nitrogens is 2. The highest BCUT2D eigenvalue weighted by molar-refractivity contribution is 5.94. The predicted octanol–water partition coefficient (Wildman–Crippen LogP) is 3.25. The van der Waals surface area contributed by atoms with E-state index in [1.54, 1.807) is 0 Å². The average molecular weight is 377 g/mol. The summed E-state index contributed by atoms with van der Waals surface area (Å²) in [5, 5.41) is 2.33. The van der Waals surface area contributed by atoms with E-state index < -0.39 is 11.7 Å². The zero-order valence-electron chi connectivity index (χ0n) is 15.3. The van der Waals surface area contributed by atoms with Gasteiger partial charge in [-0.3, -0.25) is 14.9 Å². The van der Waals surface area contributed by atoms with E-state index in [0.29, 0.717) is 0 Å². The molecule has 0 aliphatic rings. The Morgan fingerprint density at radius 1 is 1.07 bits per heavy atom. The van der Waals surface area contributed by atoms with Crippen molar-refractivity contribution in [2.75, 3.05) is 5.32 Å². The second kappa shape index (κ2) is 8.77. The number of anilines is 1. The van der Waals surface area contributed by atoms with Crippen molar-refractivity contribution in [1.82, 2.24) is 9.97 Å². The van der Waals surface area contributed by atoms with E-state index >= 15 is 0 Å². The summed E-state index contributed by atoms with van der Waals surface area (Å²) < 4.78 is 5.06. The van der Waals surface area contributed by atoms with E-state index in [-0.39, 0.29) is 30.3 Å². The summed E-state index contributed by atoms with van der Waals surface area (Å²) in [6, 6.07) is 16.7. The largest absolute Gasteiger partial charge is 0.444 e. The molecule has 3 rings (SSSR count). The van der Waals surface area contributed by atoms with Crippen LogP contribution in [-0.4, -0.2) is 21.8 Å². The Hall–Kier alpha value is -3.74. The normalized spacial score (nSPS) is 10.3. The molecule has 28 heavy (non-hydrogen) atoms. The minimum absolute atomic E-state index is 0.0605. The summed E-state index contributed by atoms with van der Waals surface area (Å²) >= 11 is 0. The average Bonchev–Trinajstić information content (AvgIpc) is 2.69. The number of nitrogens with zero attached hydrogens (tertiary/aromatic N) is 1. The van der Waals surface area contributed by atoms with Crippen LogP contribution in [0.3, 0.4) is 0 Å². The van der Waals surface area contributed by atoms with Crippen molar-refractivity contribution < 1.29 is 14.3 Å². The number of ether oxygens (including phenoxy) is 1. The molecule has 0 saturated carbocycles. The third-order valence-corrected chi connectivity index (χ3v) is 3.96. The molecule has 2 aromatic carbocycles. The molecule has 0 spiro atoms. The fraction of sp³-hybridized carbons (Fsp3) is 0.143. The van der Waals surface area contributed by atoms with Crippen molar-refractivity contribution in [2.24, 2.45) is 0 Å². The highest BCUT2D eigenvalue weighted by Gasteiger charge is 2.13. The minimum atomic E-state index is -0.782. The van der Waals surface area contributed by atoms with Gasteiger partial charge in [-0.25, -0.2) is 9.78 Å². The fourth-order valence-electron chi connectivity index (χ4n) is 2.59. The molecule has 0 fully saturated rings. The Kier molecular flexibility index (Phi) is 5.96. The van der Waals surface area contributed by atoms with Crippen LogP contribution in [0, 0.1) is 6.92 Å². The molecule has 142 valence electrons. The van der Waals surface area contributed by atoms with Gasteiger partial charge in [-0.05, 0) is 18.1 Å². The van der Waals surface area contributed by atoms with E-state index in [0.717, 1.165) is 22.9 Å². The SMILES string of the molecule is Cc1cccc(CC(=O)c2ncc(NC(=O)OCc3ccccc3)c(=O)[nH]2)c1. The number of hydrogen-bond acceptors (Lipinski definition) is 5. The Bertz CT molecular complexity index is 1040. The number of ketones is 1. The lowest BCUT2D eigenvalue weighted by molar-refractivity contribution is 0.0982. The molecule has 0 unspecified atom stereocenters. The molecule has 0 saturated heterocycles. The highest BCUT2D eigenvalue weighted by Crippen LogP contribution is 2.08. The van der Waals surface area contributed by atoms with Gasteiger partial charge >= 0.3 is 6.09 Å². The number of rotatable bonds is 6. The number of amides is 1. The van der Waals surface area contributed by atoms with Crippen LogP contribution in [0.15, 0.2) is 65.6 Å². The lowest BCUT2D eigenvalue weighted by Gasteiger charge is -2.07. The fourth-order valence-corrected chi connectivity index (χ4v) is 2.59. The quantitative estimate of drug-likeness (QED) is 0.642. The molecular formula is C21H19N3O4. The van der Waals surface area contributed by atoms with Gasteiger partial charge in [0.25, 0.3) is 5.56 Å². The number of carbonyl (C=O) groups excluding carboxylic acids is 2. The summed E-state index contributed by atoms with van der Waals surface area (Å²) in [6.07, 6.45) is 0.484. The van der Waals surface area contributed by atoms with Crippen molar-refractivity contribution in [3.05, 3.63) is 93.7 Å². The summed E-state index contributed by atoms with van der Waals surface area (Å²) in [5.41, 5.74) is 1.98. The van der Waals surface area contributed by atoms with Gasteiger partial charge in [-0.15, -0.1) is 0 Å². The Labute approximate surface area is 161 Å². The number of Topliss-reactive ketones (excluding diaryl/α,β-unsaturated/α-hetero) is 1. The number of benzene rings is 2. The van der Waals surface area contributed by atoms with Crippen molar-refractivity contribution in [1.29, 1.82) is 0 Å². The second-order valence-corrected chi connectivity index (χ2v) is 6.25. The first kappa shape index (κ1) is 19.0. The van der Waals surface area contributed by atoms with Crippen LogP contribution in [-0.2, 0) is 17.8 Å². The van der Waals surface area contributed by atoms with Gasteiger partial charge in [0.15, 0.2) is 5.82 Å². The topological polar surface area (TPSA) is 101 Å². The number of hydrogen-bond donors (Lipinski definition) is 2. The molecule has 1 amide bonds. The molecule has 1 aromatic heterocycles. The second-order valence-electron chi connectivity index (χ2n) is 6.25. The lowest BCUT2D eigenvalue weighted by Crippen LogP contribution is -2.23. The molecule has 0 radical (unpaired) electrons. The van der Waals surface area contributed by atoms with Crippen molar-refractivity contribution >= 4 is 17.6 Å². The lowest BCUT2D eigenvalue weighted by atomic mass is 10.1. The third-order valence-electron chi connectivity index (χ3n) is 3.96. The van der Waals surface area contributed by atoms with Gasteiger partial charge in [0.2, 0.25) is 5.78 Å². The maximum Gasteiger partial charge on any atom is 0.412 e. The molecule has 0 aliphatic heterocycles. The molecule has 0 atom stereocenters. The highest BCUT2D eigenvalue weighted by atomic mass is 16.5. The van der Waals surface area contributed by atoms with E-state index in [4.69, 9.17) is 4.74 Å². The van der Waals surface area contributed by atoms with Gasteiger partial charge in [0.1, 0.15) is 12.3 Å². The maximum absolute atomic E-state index is 12.3. The van der Waals surface area contributed by atoms with Gasteiger partial charge in [0.05, 0.1) is 6.20 Å². The standard InChI is InChI=1S/C21H19N3O4/c1-14-6-5-9-16(10-14)11-18(25)19-22-12-17(20(26)24-19)23-21(27)28-13-15-7-3-2-4-8-15/h2-10,12H,11,13H2,1H3,(H,23,27)(H,22,24,26). The number of nitrogens with one attached hydrogen (secondary N) is 2. The molecule has 3 aromatic rings. The molecular weight excluding hydrogens is 358 g/mol. The number of carbonyl (C=O) groups is 2. The monoisotopic (exact) mass is 377 g/mol. The van der Waals surface area contributed by atoms with Gasteiger partial charge < -0.3 is 9.72 Å². The molecule has 0 bridgehead atoms. The summed E-state index contributed by atoms with van der Waals surface area (Å²) in [5.74, 6) is -0.379. The third kappa shape index (κ3) is 5.14. The number of aromatic amines is 1. The molecule has 7 heteroatoms. The first-order valence-electron chi connectivity index (χ1n) is 8.67. The number of aryl methyl sites for hydroxylation is 1. The maximum atomic E-state index is 12.3. The summed E-state index contributed by atoms with van der Waals surface area (Å²) in [6.45, 7) is 2.01. The summed E-state index contributed by atoms with van der Waals surface area (Å²) in [4.78, 5) is 42.7. The smallest absolute Gasteiger partial charge is 0.412 e. The van der Waals surface area contributed by atoms with E-state index in [1.807, 2.05) is 61.5 Å². The Morgan fingerprint density at radius 2 is 1.82 bits per heavy atom. The van der Waals surface area contributed by atoms with Gasteiger partial charge in [0, 0.05) is 6.42 Å². The first-order chi connectivity index (χ1) is 13.5. The minimum Gasteiger partial charge on any atom is -0.444 e. The van der Waals surface area contributed by atoms with Crippen LogP contribution in [0.4, 0.5) is 10.5 Å². The van der Waals surface area contributed by atoms with Crippen LogP contribution < -0.4 is 10.9 Å². The van der Waals surface area contributed by atoms with Crippen LogP contribution in [0.1, 0.15) is 27.3 Å². The van der Waals surface area contributed by atoms with E-state index in [2.05, 4.69) is 15.3 Å². The number of H-pyrrole nitrogens is 1. The van der Waals surface area contributed by atoms with Gasteiger partial charge in [-0.1, -0.05) is 60.2 Å².